The number of nitrogens with one attached hydrogen (secondary N) is 1. The van der Waals surface area contributed by atoms with Gasteiger partial charge in [-0.05, 0) is 25.3 Å². The van der Waals surface area contributed by atoms with Crippen molar-refractivity contribution in [3.63, 3.8) is 0 Å². The molecule has 1 amide bonds. The number of ether oxygens (including phenoxy) is 3. The van der Waals surface area contributed by atoms with Crippen LogP contribution in [0, 0.1) is 0 Å². The molecule has 1 unspecified atom stereocenters. The average molecular weight is 663 g/mol. The van der Waals surface area contributed by atoms with Crippen LogP contribution in [0.3, 0.4) is 0 Å². The number of amides is 1. The number of unbranched alkanes of at least 4 members (excludes halogenated alkanes) is 6. The number of nitrogens with two attached hydrogens (primary N) is 1. The number of Topliss-reactive ketones (excluding diaryl/α,β-unsaturated/α-hetero) is 2. The van der Waals surface area contributed by atoms with E-state index in [0.717, 1.165) is 44.1 Å². The lowest BCUT2D eigenvalue weighted by Gasteiger charge is -2.16. The molecule has 14 nitrogen and oxygen atoms in total. The predicted molar refractivity (Wildman–Crippen MR) is 167 cm³/mol. The Hall–Kier alpha value is -3.16. The van der Waals surface area contributed by atoms with Crippen LogP contribution in [0.1, 0.15) is 97.0 Å². The predicted octanol–water partition coefficient (Wildman–Crippen LogP) is 3.87. The number of hydrogen-bond donors (Lipinski definition) is 5. The topological polar surface area (TPSA) is 229 Å². The van der Waals surface area contributed by atoms with Gasteiger partial charge < -0.3 is 39.9 Å². The van der Waals surface area contributed by atoms with Crippen LogP contribution in [0.2, 0.25) is 0 Å². The number of rotatable bonds is 20. The maximum Gasteiger partial charge on any atom is 0.466 e. The normalized spacial score (nSPS) is 11.0. The Kier molecular flexibility index (Phi) is 27.7. The number of carbonyl (C=O) groups is 5. The van der Waals surface area contributed by atoms with E-state index in [1.807, 2.05) is 30.3 Å². The van der Waals surface area contributed by atoms with Crippen LogP contribution in [-0.2, 0) is 44.6 Å². The van der Waals surface area contributed by atoms with Crippen molar-refractivity contribution in [2.24, 2.45) is 5.73 Å². The lowest BCUT2D eigenvalue weighted by molar-refractivity contribution is -0.147. The van der Waals surface area contributed by atoms with Gasteiger partial charge in [0.05, 0.1) is 26.2 Å². The molecule has 0 aromatic heterocycles. The molecule has 0 bridgehead atoms. The Morgan fingerprint density at radius 3 is 1.84 bits per heavy atom. The molecule has 0 aliphatic heterocycles. The van der Waals surface area contributed by atoms with E-state index in [0.29, 0.717) is 6.61 Å². The summed E-state index contributed by atoms with van der Waals surface area (Å²) in [5.41, 5.74) is 5.94. The molecule has 258 valence electrons. The van der Waals surface area contributed by atoms with Crippen molar-refractivity contribution >= 4 is 37.4 Å². The number of esters is 2. The second kappa shape index (κ2) is 28.3. The minimum atomic E-state index is -4.64. The first-order chi connectivity index (χ1) is 21.2. The van der Waals surface area contributed by atoms with Crippen LogP contribution in [-0.4, -0.2) is 70.1 Å². The molecule has 15 heteroatoms. The van der Waals surface area contributed by atoms with Crippen molar-refractivity contribution in [2.75, 3.05) is 19.8 Å². The molecule has 0 aliphatic carbocycles. The molecule has 0 spiro atoms. The third-order valence-electron chi connectivity index (χ3n) is 5.62. The molecule has 1 atom stereocenters. The number of hydrogen-bond acceptors (Lipinski definition) is 10. The number of ketones is 2. The van der Waals surface area contributed by atoms with Crippen molar-refractivity contribution in [2.45, 2.75) is 104 Å². The maximum atomic E-state index is 12.1. The first-order valence-electron chi connectivity index (χ1n) is 15.0. The van der Waals surface area contributed by atoms with Gasteiger partial charge in [0.25, 0.3) is 0 Å². The number of benzene rings is 1. The highest BCUT2D eigenvalue weighted by Crippen LogP contribution is 2.25. The second-order valence-electron chi connectivity index (χ2n) is 9.93. The van der Waals surface area contributed by atoms with E-state index in [4.69, 9.17) is 39.2 Å². The third-order valence-corrected chi connectivity index (χ3v) is 5.62. The fourth-order valence-corrected chi connectivity index (χ4v) is 3.32. The van der Waals surface area contributed by atoms with Gasteiger partial charge in [-0.2, -0.15) is 0 Å². The third kappa shape index (κ3) is 33.6. The summed E-state index contributed by atoms with van der Waals surface area (Å²) >= 11 is 0. The fourth-order valence-electron chi connectivity index (χ4n) is 3.32. The maximum absolute atomic E-state index is 12.1. The van der Waals surface area contributed by atoms with Gasteiger partial charge in [-0.15, -0.1) is 0 Å². The summed E-state index contributed by atoms with van der Waals surface area (Å²) in [6.45, 7) is 6.43. The molecule has 1 aromatic rings. The van der Waals surface area contributed by atoms with Gasteiger partial charge in [0, 0.05) is 12.8 Å². The quantitative estimate of drug-likeness (QED) is 0.0579. The highest BCUT2D eigenvalue weighted by Gasteiger charge is 2.24. The smallest absolute Gasteiger partial charge is 0.466 e. The van der Waals surface area contributed by atoms with E-state index in [9.17, 15) is 24.0 Å². The molecule has 0 radical (unpaired) electrons. The fraction of sp³-hybridized carbons (Fsp3) is 0.633. The molecule has 0 heterocycles. The molecular weight excluding hydrogens is 611 g/mol. The minimum absolute atomic E-state index is 0.00375. The number of phosphoric acid groups is 1. The van der Waals surface area contributed by atoms with Crippen LogP contribution in [0.25, 0.3) is 0 Å². The van der Waals surface area contributed by atoms with E-state index in [1.165, 1.54) is 19.8 Å². The molecule has 1 rings (SSSR count). The van der Waals surface area contributed by atoms with Gasteiger partial charge in [-0.1, -0.05) is 82.7 Å². The van der Waals surface area contributed by atoms with E-state index in [-0.39, 0.29) is 56.6 Å². The van der Waals surface area contributed by atoms with Crippen molar-refractivity contribution in [1.82, 2.24) is 5.32 Å². The van der Waals surface area contributed by atoms with Crippen LogP contribution in [0.15, 0.2) is 30.3 Å². The van der Waals surface area contributed by atoms with E-state index < -0.39 is 25.9 Å². The molecule has 6 N–H and O–H groups in total. The zero-order chi connectivity index (χ0) is 34.5. The van der Waals surface area contributed by atoms with Crippen molar-refractivity contribution in [3.05, 3.63) is 35.9 Å². The lowest BCUT2D eigenvalue weighted by atomic mass is 10.1. The highest BCUT2D eigenvalue weighted by molar-refractivity contribution is 7.45. The molecule has 1 aromatic carbocycles. The van der Waals surface area contributed by atoms with Gasteiger partial charge in [0.2, 0.25) is 0 Å². The standard InChI is InChI=1S/C19H27NO5.C11H21NO3.H3O4P/c1-3-4-5-9-12-24-18(22)17(13-15(2)21)20-19(23)25-14-16-10-7-6-8-11-16;1-2-3-4-5-8-15-11(14)7-6-10(13)9-12;1-5(2,3)4/h6-8,10-11,17H,3-5,9,12-14H2,1-2H3,(H,20,23);2-9,12H2,1H3;(H3,1,2,3,4). The molecule has 0 saturated carbocycles. The molecule has 45 heavy (non-hydrogen) atoms. The van der Waals surface area contributed by atoms with Crippen LogP contribution in [0.5, 0.6) is 0 Å². The SMILES string of the molecule is CCCCCCOC(=O)C(CC(C)=O)NC(=O)OCc1ccccc1.CCCCCCOC(=O)CCC(=O)CN.O=P(O)(O)O. The number of carbonyl (C=O) groups excluding carboxylic acids is 5. The Morgan fingerprint density at radius 2 is 1.36 bits per heavy atom. The molecular formula is C30H51N2O12P. The Balaban J connectivity index is 0. The van der Waals surface area contributed by atoms with Crippen LogP contribution in [0.4, 0.5) is 4.79 Å². The summed E-state index contributed by atoms with van der Waals surface area (Å²) in [7, 11) is -4.64. The van der Waals surface area contributed by atoms with Crippen LogP contribution >= 0.6 is 7.82 Å². The van der Waals surface area contributed by atoms with E-state index >= 15 is 0 Å². The molecule has 0 aliphatic rings. The Morgan fingerprint density at radius 1 is 0.822 bits per heavy atom. The summed E-state index contributed by atoms with van der Waals surface area (Å²) in [5.74, 6) is -1.22. The van der Waals surface area contributed by atoms with Crippen molar-refractivity contribution in [1.29, 1.82) is 0 Å². The monoisotopic (exact) mass is 662 g/mol. The van der Waals surface area contributed by atoms with Gasteiger partial charge in [-0.25, -0.2) is 14.2 Å². The van der Waals surface area contributed by atoms with Gasteiger partial charge in [0.1, 0.15) is 24.2 Å². The molecule has 0 saturated heterocycles. The Bertz CT molecular complexity index is 1010. The first kappa shape index (κ1) is 44.0. The Labute approximate surface area is 265 Å². The summed E-state index contributed by atoms with van der Waals surface area (Å²) in [4.78, 5) is 78.7. The van der Waals surface area contributed by atoms with E-state index in [2.05, 4.69) is 19.2 Å². The van der Waals surface area contributed by atoms with Gasteiger partial charge in [0.15, 0.2) is 0 Å². The van der Waals surface area contributed by atoms with E-state index in [1.54, 1.807) is 0 Å². The van der Waals surface area contributed by atoms with Gasteiger partial charge >= 0.3 is 25.9 Å². The second-order valence-corrected chi connectivity index (χ2v) is 11.0. The summed E-state index contributed by atoms with van der Waals surface area (Å²) in [6.07, 6.45) is 7.74. The van der Waals surface area contributed by atoms with Crippen molar-refractivity contribution < 1.29 is 57.4 Å². The molecule has 0 fully saturated rings. The minimum Gasteiger partial charge on any atom is -0.466 e. The average Bonchev–Trinajstić information content (AvgIpc) is 2.98. The van der Waals surface area contributed by atoms with Gasteiger partial charge in [-0.3, -0.25) is 14.4 Å². The number of alkyl carbamates (subject to hydrolysis) is 1. The summed E-state index contributed by atoms with van der Waals surface area (Å²) in [6, 6.07) is 8.17. The largest absolute Gasteiger partial charge is 0.466 e. The first-order valence-corrected chi connectivity index (χ1v) is 16.6. The highest BCUT2D eigenvalue weighted by atomic mass is 31.2. The van der Waals surface area contributed by atoms with Crippen LogP contribution < -0.4 is 11.1 Å². The summed E-state index contributed by atoms with van der Waals surface area (Å²) < 4.78 is 24.1. The summed E-state index contributed by atoms with van der Waals surface area (Å²) in [5, 5.41) is 2.41. The lowest BCUT2D eigenvalue weighted by Crippen LogP contribution is -2.43. The van der Waals surface area contributed by atoms with Crippen molar-refractivity contribution in [3.8, 4) is 0 Å². The zero-order valence-corrected chi connectivity index (χ0v) is 27.5. The zero-order valence-electron chi connectivity index (χ0n) is 26.6.